The third kappa shape index (κ3) is 7.65. The molecule has 33 heavy (non-hydrogen) atoms. The van der Waals surface area contributed by atoms with Crippen molar-refractivity contribution in [2.45, 2.75) is 38.9 Å². The predicted molar refractivity (Wildman–Crippen MR) is 131 cm³/mol. The molecule has 0 aliphatic carbocycles. The fourth-order valence-electron chi connectivity index (χ4n) is 3.50. The van der Waals surface area contributed by atoms with Crippen LogP contribution in [0.4, 0.5) is 0 Å². The van der Waals surface area contributed by atoms with Crippen molar-refractivity contribution in [3.05, 3.63) is 101 Å². The van der Waals surface area contributed by atoms with Gasteiger partial charge in [0.05, 0.1) is 0 Å². The first kappa shape index (κ1) is 24.3. The number of halogens is 1. The zero-order chi connectivity index (χ0) is 23.6. The maximum absolute atomic E-state index is 13.4. The minimum absolute atomic E-state index is 0.0489. The van der Waals surface area contributed by atoms with E-state index in [1.807, 2.05) is 74.5 Å². The van der Waals surface area contributed by atoms with Gasteiger partial charge in [-0.3, -0.25) is 9.59 Å². The summed E-state index contributed by atoms with van der Waals surface area (Å²) in [7, 11) is 0. The van der Waals surface area contributed by atoms with Gasteiger partial charge in [0.1, 0.15) is 11.8 Å². The van der Waals surface area contributed by atoms with Crippen LogP contribution in [0.15, 0.2) is 84.9 Å². The molecule has 3 rings (SSSR count). The fraction of sp³-hybridized carbons (Fsp3) is 0.259. The summed E-state index contributed by atoms with van der Waals surface area (Å²) in [5, 5.41) is 3.50. The van der Waals surface area contributed by atoms with Crippen LogP contribution in [0.25, 0.3) is 0 Å². The molecule has 0 aliphatic rings. The number of amides is 2. The van der Waals surface area contributed by atoms with Gasteiger partial charge in [-0.05, 0) is 43.2 Å². The van der Waals surface area contributed by atoms with Crippen LogP contribution in [0.1, 0.15) is 25.0 Å². The Hall–Kier alpha value is -3.31. The summed E-state index contributed by atoms with van der Waals surface area (Å²) in [6.07, 6.45) is 0.398. The summed E-state index contributed by atoms with van der Waals surface area (Å²) in [6, 6.07) is 25.5. The number of carbonyl (C=O) groups excluding carboxylic acids is 2. The van der Waals surface area contributed by atoms with E-state index in [-0.39, 0.29) is 24.5 Å². The van der Waals surface area contributed by atoms with Gasteiger partial charge in [0.2, 0.25) is 5.91 Å². The van der Waals surface area contributed by atoms with Crippen LogP contribution < -0.4 is 10.1 Å². The number of hydrogen-bond donors (Lipinski definition) is 1. The van der Waals surface area contributed by atoms with Crippen LogP contribution >= 0.6 is 11.6 Å². The minimum atomic E-state index is -0.689. The smallest absolute Gasteiger partial charge is 0.261 e. The molecule has 5 nitrogen and oxygen atoms in total. The lowest BCUT2D eigenvalue weighted by Crippen LogP contribution is -2.52. The SMILES string of the molecule is CC(C)NC(=O)[C@@H](Cc1ccccc1)N(Cc1ccccc1)C(=O)COc1cccc(Cl)c1. The Kier molecular flexibility index (Phi) is 8.90. The predicted octanol–water partition coefficient (Wildman–Crippen LogP) is 4.88. The highest BCUT2D eigenvalue weighted by Crippen LogP contribution is 2.19. The molecule has 0 spiro atoms. The molecule has 3 aromatic carbocycles. The van der Waals surface area contributed by atoms with Crippen molar-refractivity contribution >= 4 is 23.4 Å². The summed E-state index contributed by atoms with van der Waals surface area (Å²) >= 11 is 6.03. The molecule has 0 bridgehead atoms. The Morgan fingerprint density at radius 1 is 0.909 bits per heavy atom. The standard InChI is InChI=1S/C27H29ClN2O3/c1-20(2)29-27(32)25(16-21-10-5-3-6-11-21)30(18-22-12-7-4-8-13-22)26(31)19-33-24-15-9-14-23(28)17-24/h3-15,17,20,25H,16,18-19H2,1-2H3,(H,29,32)/t25-/m1/s1. The summed E-state index contributed by atoms with van der Waals surface area (Å²) in [6.45, 7) is 3.90. The zero-order valence-electron chi connectivity index (χ0n) is 18.9. The molecule has 0 aromatic heterocycles. The quantitative estimate of drug-likeness (QED) is 0.465. The summed E-state index contributed by atoms with van der Waals surface area (Å²) < 4.78 is 5.72. The lowest BCUT2D eigenvalue weighted by atomic mass is 10.0. The number of hydrogen-bond acceptors (Lipinski definition) is 3. The number of rotatable bonds is 10. The van der Waals surface area contributed by atoms with Crippen molar-refractivity contribution in [1.82, 2.24) is 10.2 Å². The molecule has 0 unspecified atom stereocenters. The number of benzene rings is 3. The van der Waals surface area contributed by atoms with Crippen LogP contribution in [0.3, 0.4) is 0 Å². The van der Waals surface area contributed by atoms with Gasteiger partial charge in [-0.2, -0.15) is 0 Å². The average molecular weight is 465 g/mol. The number of carbonyl (C=O) groups is 2. The molecule has 0 saturated heterocycles. The second kappa shape index (κ2) is 12.1. The van der Waals surface area contributed by atoms with Gasteiger partial charge in [-0.25, -0.2) is 0 Å². The van der Waals surface area contributed by atoms with E-state index in [2.05, 4.69) is 5.32 Å². The first-order valence-corrected chi connectivity index (χ1v) is 11.4. The monoisotopic (exact) mass is 464 g/mol. The van der Waals surface area contributed by atoms with Crippen molar-refractivity contribution in [3.8, 4) is 5.75 Å². The maximum atomic E-state index is 13.4. The van der Waals surface area contributed by atoms with Crippen LogP contribution in [0.2, 0.25) is 5.02 Å². The topological polar surface area (TPSA) is 58.6 Å². The Bertz CT molecular complexity index is 1040. The van der Waals surface area contributed by atoms with Crippen molar-refractivity contribution < 1.29 is 14.3 Å². The third-order valence-corrected chi connectivity index (χ3v) is 5.29. The molecular weight excluding hydrogens is 436 g/mol. The Labute approximate surface area is 200 Å². The molecule has 172 valence electrons. The van der Waals surface area contributed by atoms with E-state index >= 15 is 0 Å². The number of nitrogens with one attached hydrogen (secondary N) is 1. The van der Waals surface area contributed by atoms with Crippen molar-refractivity contribution in [1.29, 1.82) is 0 Å². The van der Waals surface area contributed by atoms with Crippen LogP contribution in [0.5, 0.6) is 5.75 Å². The molecule has 0 fully saturated rings. The van der Waals surface area contributed by atoms with E-state index in [0.717, 1.165) is 11.1 Å². The highest BCUT2D eigenvalue weighted by molar-refractivity contribution is 6.30. The van der Waals surface area contributed by atoms with Gasteiger partial charge in [-0.15, -0.1) is 0 Å². The molecule has 0 saturated carbocycles. The van der Waals surface area contributed by atoms with E-state index in [0.29, 0.717) is 23.7 Å². The highest BCUT2D eigenvalue weighted by atomic mass is 35.5. The van der Waals surface area contributed by atoms with Gasteiger partial charge in [0, 0.05) is 24.0 Å². The van der Waals surface area contributed by atoms with Crippen molar-refractivity contribution in [2.75, 3.05) is 6.61 Å². The van der Waals surface area contributed by atoms with Crippen molar-refractivity contribution in [2.24, 2.45) is 0 Å². The molecule has 0 heterocycles. The Morgan fingerprint density at radius 2 is 1.55 bits per heavy atom. The Balaban J connectivity index is 1.88. The van der Waals surface area contributed by atoms with E-state index in [1.54, 1.807) is 29.2 Å². The van der Waals surface area contributed by atoms with Crippen LogP contribution in [0, 0.1) is 0 Å². The Morgan fingerprint density at radius 3 is 2.15 bits per heavy atom. The number of ether oxygens (including phenoxy) is 1. The van der Waals surface area contributed by atoms with Gasteiger partial charge >= 0.3 is 0 Å². The van der Waals surface area contributed by atoms with Gasteiger partial charge in [0.15, 0.2) is 6.61 Å². The molecular formula is C27H29ClN2O3. The first-order valence-electron chi connectivity index (χ1n) is 11.0. The first-order chi connectivity index (χ1) is 15.9. The molecule has 1 N–H and O–H groups in total. The fourth-order valence-corrected chi connectivity index (χ4v) is 3.68. The van der Waals surface area contributed by atoms with Crippen LogP contribution in [-0.4, -0.2) is 35.4 Å². The van der Waals surface area contributed by atoms with Crippen molar-refractivity contribution in [3.63, 3.8) is 0 Å². The summed E-state index contributed by atoms with van der Waals surface area (Å²) in [5.41, 5.74) is 1.91. The molecule has 0 aliphatic heterocycles. The second-order valence-corrected chi connectivity index (χ2v) is 8.56. The second-order valence-electron chi connectivity index (χ2n) is 8.12. The largest absolute Gasteiger partial charge is 0.484 e. The van der Waals surface area contributed by atoms with Gasteiger partial charge in [0.25, 0.3) is 5.91 Å². The highest BCUT2D eigenvalue weighted by Gasteiger charge is 2.31. The van der Waals surface area contributed by atoms with E-state index < -0.39 is 6.04 Å². The number of nitrogens with zero attached hydrogens (tertiary/aromatic N) is 1. The van der Waals surface area contributed by atoms with Gasteiger partial charge < -0.3 is 15.0 Å². The van der Waals surface area contributed by atoms with E-state index in [1.165, 1.54) is 0 Å². The van der Waals surface area contributed by atoms with Crippen LogP contribution in [-0.2, 0) is 22.6 Å². The minimum Gasteiger partial charge on any atom is -0.484 e. The summed E-state index contributed by atoms with van der Waals surface area (Å²) in [5.74, 6) is 0.0290. The van der Waals surface area contributed by atoms with Gasteiger partial charge in [-0.1, -0.05) is 78.3 Å². The lowest BCUT2D eigenvalue weighted by molar-refractivity contribution is -0.143. The average Bonchev–Trinajstić information content (AvgIpc) is 2.80. The third-order valence-electron chi connectivity index (χ3n) is 5.06. The molecule has 2 amide bonds. The normalized spacial score (nSPS) is 11.6. The van der Waals surface area contributed by atoms with E-state index in [4.69, 9.17) is 16.3 Å². The molecule has 0 radical (unpaired) electrons. The lowest BCUT2D eigenvalue weighted by Gasteiger charge is -2.32. The zero-order valence-corrected chi connectivity index (χ0v) is 19.7. The molecule has 3 aromatic rings. The van der Waals surface area contributed by atoms with E-state index in [9.17, 15) is 9.59 Å². The summed E-state index contributed by atoms with van der Waals surface area (Å²) in [4.78, 5) is 28.3. The maximum Gasteiger partial charge on any atom is 0.261 e. The molecule has 1 atom stereocenters. The molecule has 6 heteroatoms.